The topological polar surface area (TPSA) is 126 Å². The number of hydrogen-bond donors (Lipinski definition) is 2. The monoisotopic (exact) mass is 334 g/mol. The van der Waals surface area contributed by atoms with Gasteiger partial charge in [0.1, 0.15) is 6.04 Å². The Morgan fingerprint density at radius 1 is 1.38 bits per heavy atom. The van der Waals surface area contributed by atoms with Gasteiger partial charge in [-0.1, -0.05) is 23.6 Å². The first-order valence-corrected chi connectivity index (χ1v) is 7.24. The van der Waals surface area contributed by atoms with Gasteiger partial charge in [0.25, 0.3) is 5.78 Å². The molecule has 0 aliphatic rings. The van der Waals surface area contributed by atoms with Crippen LogP contribution >= 0.6 is 0 Å². The van der Waals surface area contributed by atoms with Gasteiger partial charge in [-0.15, -0.1) is 18.1 Å². The molecule has 0 fully saturated rings. The van der Waals surface area contributed by atoms with Gasteiger partial charge in [0, 0.05) is 13.1 Å². The third-order valence-electron chi connectivity index (χ3n) is 3.13. The number of nitrogens with one attached hydrogen (secondary N) is 1. The van der Waals surface area contributed by atoms with E-state index in [2.05, 4.69) is 33.4 Å². The van der Waals surface area contributed by atoms with E-state index in [0.717, 1.165) is 4.57 Å². The van der Waals surface area contributed by atoms with Crippen LogP contribution in [-0.4, -0.2) is 49.7 Å². The SMILES string of the molecule is C=CCN(CC=C)c1nc(NC(CC)C(=O)O)n2oc(=O)nc2n1. The van der Waals surface area contributed by atoms with Crippen LogP contribution in [0, 0.1) is 0 Å². The molecule has 0 aliphatic carbocycles. The van der Waals surface area contributed by atoms with E-state index in [9.17, 15) is 14.7 Å². The molecule has 2 heterocycles. The van der Waals surface area contributed by atoms with Crippen molar-refractivity contribution in [2.24, 2.45) is 0 Å². The maximum Gasteiger partial charge on any atom is 0.462 e. The average molecular weight is 334 g/mol. The van der Waals surface area contributed by atoms with E-state index in [-0.39, 0.29) is 17.7 Å². The molecule has 2 aromatic heterocycles. The Kier molecular flexibility index (Phi) is 5.30. The second-order valence-electron chi connectivity index (χ2n) is 4.84. The number of nitrogens with zero attached hydrogens (tertiary/aromatic N) is 5. The lowest BCUT2D eigenvalue weighted by Crippen LogP contribution is -2.31. The van der Waals surface area contributed by atoms with E-state index in [4.69, 9.17) is 4.52 Å². The molecule has 0 aliphatic heterocycles. The van der Waals surface area contributed by atoms with E-state index in [1.165, 1.54) is 0 Å². The Morgan fingerprint density at radius 3 is 2.58 bits per heavy atom. The molecule has 0 saturated carbocycles. The van der Waals surface area contributed by atoms with Crippen LogP contribution in [0.25, 0.3) is 5.78 Å². The predicted molar refractivity (Wildman–Crippen MR) is 87.3 cm³/mol. The minimum Gasteiger partial charge on any atom is -0.480 e. The smallest absolute Gasteiger partial charge is 0.462 e. The minimum absolute atomic E-state index is 0.0223. The molecule has 0 saturated heterocycles. The number of aromatic nitrogens is 4. The number of rotatable bonds is 9. The first-order chi connectivity index (χ1) is 11.5. The first kappa shape index (κ1) is 17.2. The van der Waals surface area contributed by atoms with Gasteiger partial charge in [-0.25, -0.2) is 9.59 Å². The van der Waals surface area contributed by atoms with Crippen LogP contribution in [0.4, 0.5) is 11.9 Å². The molecule has 0 bridgehead atoms. The van der Waals surface area contributed by atoms with Crippen LogP contribution in [0.3, 0.4) is 0 Å². The zero-order valence-corrected chi connectivity index (χ0v) is 13.2. The average Bonchev–Trinajstić information content (AvgIpc) is 2.92. The summed E-state index contributed by atoms with van der Waals surface area (Å²) in [5.41, 5.74) is 0. The van der Waals surface area contributed by atoms with Crippen molar-refractivity contribution in [3.8, 4) is 0 Å². The summed E-state index contributed by atoms with van der Waals surface area (Å²) in [6.45, 7) is 9.90. The summed E-state index contributed by atoms with van der Waals surface area (Å²) >= 11 is 0. The molecular formula is C14H18N6O4. The molecule has 2 aromatic rings. The van der Waals surface area contributed by atoms with Gasteiger partial charge in [0.2, 0.25) is 11.9 Å². The van der Waals surface area contributed by atoms with Crippen LogP contribution in [0.1, 0.15) is 13.3 Å². The Labute approximate surface area is 137 Å². The second-order valence-corrected chi connectivity index (χ2v) is 4.84. The van der Waals surface area contributed by atoms with Gasteiger partial charge < -0.3 is 19.8 Å². The molecule has 0 amide bonds. The minimum atomic E-state index is -1.05. The number of anilines is 2. The Hall–Kier alpha value is -3.17. The normalized spacial score (nSPS) is 11.9. The predicted octanol–water partition coefficient (Wildman–Crippen LogP) is 0.531. The summed E-state index contributed by atoms with van der Waals surface area (Å²) in [5, 5.41) is 11.9. The van der Waals surface area contributed by atoms with Gasteiger partial charge in [0.15, 0.2) is 0 Å². The van der Waals surface area contributed by atoms with Crippen molar-refractivity contribution >= 4 is 23.6 Å². The van der Waals surface area contributed by atoms with Crippen molar-refractivity contribution in [1.29, 1.82) is 0 Å². The number of hydrogen-bond acceptors (Lipinski definition) is 8. The Morgan fingerprint density at radius 2 is 2.04 bits per heavy atom. The highest BCUT2D eigenvalue weighted by atomic mass is 16.5. The maximum absolute atomic E-state index is 11.4. The van der Waals surface area contributed by atoms with Gasteiger partial charge in [-0.05, 0) is 6.42 Å². The van der Waals surface area contributed by atoms with Gasteiger partial charge in [0.05, 0.1) is 0 Å². The van der Waals surface area contributed by atoms with E-state index in [1.807, 2.05) is 0 Å². The standard InChI is InChI=1S/C14H18N6O4/c1-4-7-19(8-5-2)11-16-12(15-9(6-3)10(21)22)20-13(17-11)18-14(23)24-20/h4-5,9H,1-2,6-8H2,3H3,(H,21,22)(H,15,16,17,18,23). The van der Waals surface area contributed by atoms with Crippen LogP contribution in [0.2, 0.25) is 0 Å². The molecule has 0 aromatic carbocycles. The third-order valence-corrected chi connectivity index (χ3v) is 3.13. The fourth-order valence-electron chi connectivity index (χ4n) is 2.01. The molecule has 2 N–H and O–H groups in total. The first-order valence-electron chi connectivity index (χ1n) is 7.24. The van der Waals surface area contributed by atoms with Gasteiger partial charge in [-0.2, -0.15) is 9.97 Å². The quantitative estimate of drug-likeness (QED) is 0.631. The second kappa shape index (κ2) is 7.40. The molecular weight excluding hydrogens is 316 g/mol. The van der Waals surface area contributed by atoms with Crippen molar-refractivity contribution in [3.63, 3.8) is 0 Å². The van der Waals surface area contributed by atoms with E-state index in [1.54, 1.807) is 24.0 Å². The molecule has 0 radical (unpaired) electrons. The number of carbonyl (C=O) groups is 1. The van der Waals surface area contributed by atoms with Crippen molar-refractivity contribution in [1.82, 2.24) is 19.5 Å². The Bertz CT molecular complexity index is 801. The molecule has 24 heavy (non-hydrogen) atoms. The maximum atomic E-state index is 11.4. The zero-order chi connectivity index (χ0) is 17.7. The largest absolute Gasteiger partial charge is 0.480 e. The van der Waals surface area contributed by atoms with E-state index >= 15 is 0 Å². The molecule has 2 rings (SSSR count). The molecule has 1 unspecified atom stereocenters. The molecule has 10 nitrogen and oxygen atoms in total. The number of carboxylic acids is 1. The number of aliphatic carboxylic acids is 1. The van der Waals surface area contributed by atoms with Gasteiger partial charge in [-0.3, -0.25) is 0 Å². The lowest BCUT2D eigenvalue weighted by atomic mass is 10.2. The summed E-state index contributed by atoms with van der Waals surface area (Å²) in [7, 11) is 0. The molecule has 10 heteroatoms. The highest BCUT2D eigenvalue weighted by Crippen LogP contribution is 2.15. The highest BCUT2D eigenvalue weighted by molar-refractivity contribution is 5.76. The molecule has 128 valence electrons. The summed E-state index contributed by atoms with van der Waals surface area (Å²) < 4.78 is 5.86. The third kappa shape index (κ3) is 3.59. The molecule has 0 spiro atoms. The zero-order valence-electron chi connectivity index (χ0n) is 13.2. The van der Waals surface area contributed by atoms with Crippen LogP contribution in [-0.2, 0) is 4.79 Å². The van der Waals surface area contributed by atoms with Crippen LogP contribution in [0.5, 0.6) is 0 Å². The fourth-order valence-corrected chi connectivity index (χ4v) is 2.01. The van der Waals surface area contributed by atoms with Crippen LogP contribution < -0.4 is 16.0 Å². The van der Waals surface area contributed by atoms with E-state index in [0.29, 0.717) is 19.5 Å². The van der Waals surface area contributed by atoms with Crippen molar-refractivity contribution < 1.29 is 14.4 Å². The summed E-state index contributed by atoms with van der Waals surface area (Å²) in [6.07, 6.45) is 3.62. The van der Waals surface area contributed by atoms with Crippen molar-refractivity contribution in [2.45, 2.75) is 19.4 Å². The highest BCUT2D eigenvalue weighted by Gasteiger charge is 2.21. The Balaban J connectivity index is 2.54. The van der Waals surface area contributed by atoms with E-state index < -0.39 is 17.8 Å². The van der Waals surface area contributed by atoms with Crippen molar-refractivity contribution in [2.75, 3.05) is 23.3 Å². The van der Waals surface area contributed by atoms with Crippen LogP contribution in [0.15, 0.2) is 34.6 Å². The lowest BCUT2D eigenvalue weighted by molar-refractivity contribution is -0.138. The lowest BCUT2D eigenvalue weighted by Gasteiger charge is -2.20. The summed E-state index contributed by atoms with van der Waals surface area (Å²) in [6, 6.07) is -0.907. The fraction of sp³-hybridized carbons (Fsp3) is 0.357. The summed E-state index contributed by atoms with van der Waals surface area (Å²) in [5.74, 6) is -1.66. The number of fused-ring (bicyclic) bond motifs is 1. The van der Waals surface area contributed by atoms with Gasteiger partial charge >= 0.3 is 11.7 Å². The molecule has 1 atom stereocenters. The summed E-state index contributed by atoms with van der Waals surface area (Å²) in [4.78, 5) is 36.4. The number of carboxylic acid groups (broad SMARTS) is 1. The van der Waals surface area contributed by atoms with Crippen molar-refractivity contribution in [3.05, 3.63) is 35.9 Å².